The Hall–Kier alpha value is -0.860. The minimum Gasteiger partial charge on any atom is -0.328 e. The third kappa shape index (κ3) is 1.81. The molecule has 0 fully saturated rings. The van der Waals surface area contributed by atoms with Gasteiger partial charge in [-0.2, -0.15) is 0 Å². The van der Waals surface area contributed by atoms with Crippen molar-refractivity contribution in [3.63, 3.8) is 0 Å². The molecule has 1 nitrogen and oxygen atoms in total. The molecule has 2 heteroatoms. The summed E-state index contributed by atoms with van der Waals surface area (Å²) in [6.07, 6.45) is 0.966. The smallest absolute Gasteiger partial charge is 0.0348 e. The summed E-state index contributed by atoms with van der Waals surface area (Å²) in [7, 11) is 0. The first-order chi connectivity index (χ1) is 6.66. The number of benzene rings is 1. The fourth-order valence-electron chi connectivity index (χ4n) is 1.77. The topological polar surface area (TPSA) is 26.0 Å². The van der Waals surface area contributed by atoms with Crippen LogP contribution >= 0.6 is 11.3 Å². The van der Waals surface area contributed by atoms with Gasteiger partial charge in [-0.3, -0.25) is 0 Å². The van der Waals surface area contributed by atoms with Crippen molar-refractivity contribution in [3.8, 4) is 0 Å². The first-order valence-electron chi connectivity index (χ1n) is 4.90. The molecular weight excluding hydrogens is 190 g/mol. The molecule has 0 bridgehead atoms. The van der Waals surface area contributed by atoms with Gasteiger partial charge in [0.1, 0.15) is 0 Å². The van der Waals surface area contributed by atoms with Crippen LogP contribution in [0.15, 0.2) is 24.3 Å². The molecule has 2 aromatic rings. The largest absolute Gasteiger partial charge is 0.328 e. The number of aryl methyl sites for hydroxylation is 1. The molecule has 1 heterocycles. The summed E-state index contributed by atoms with van der Waals surface area (Å²) in [6, 6.07) is 8.98. The van der Waals surface area contributed by atoms with Crippen LogP contribution in [-0.2, 0) is 6.42 Å². The van der Waals surface area contributed by atoms with Gasteiger partial charge in [0.25, 0.3) is 0 Å². The highest BCUT2D eigenvalue weighted by Gasteiger charge is 2.05. The Morgan fingerprint density at radius 2 is 2.21 bits per heavy atom. The van der Waals surface area contributed by atoms with Crippen molar-refractivity contribution in [2.45, 2.75) is 26.3 Å². The molecule has 1 unspecified atom stereocenters. The number of fused-ring (bicyclic) bond motifs is 1. The summed E-state index contributed by atoms with van der Waals surface area (Å²) in [6.45, 7) is 4.21. The molecule has 1 aromatic carbocycles. The van der Waals surface area contributed by atoms with Gasteiger partial charge in [0.15, 0.2) is 0 Å². The molecule has 0 radical (unpaired) electrons. The van der Waals surface area contributed by atoms with Crippen LogP contribution in [-0.4, -0.2) is 6.04 Å². The lowest BCUT2D eigenvalue weighted by atomic mass is 10.0. The minimum atomic E-state index is 0.237. The van der Waals surface area contributed by atoms with Crippen LogP contribution in [0.2, 0.25) is 0 Å². The molecule has 0 amide bonds. The SMILES string of the molecule is Cc1cc2c(CC(C)N)cccc2s1. The molecule has 0 saturated carbocycles. The summed E-state index contributed by atoms with van der Waals surface area (Å²) in [4.78, 5) is 1.37. The van der Waals surface area contributed by atoms with E-state index in [1.165, 1.54) is 20.5 Å². The van der Waals surface area contributed by atoms with Gasteiger partial charge in [-0.15, -0.1) is 11.3 Å². The first-order valence-corrected chi connectivity index (χ1v) is 5.72. The molecule has 0 aliphatic rings. The summed E-state index contributed by atoms with van der Waals surface area (Å²) in [5.74, 6) is 0. The molecule has 0 saturated heterocycles. The van der Waals surface area contributed by atoms with E-state index in [9.17, 15) is 0 Å². The van der Waals surface area contributed by atoms with Crippen molar-refractivity contribution in [2.75, 3.05) is 0 Å². The number of nitrogens with two attached hydrogens (primary N) is 1. The molecule has 0 spiro atoms. The number of hydrogen-bond acceptors (Lipinski definition) is 2. The highest BCUT2D eigenvalue weighted by atomic mass is 32.1. The Balaban J connectivity index is 2.53. The van der Waals surface area contributed by atoms with E-state index in [1.807, 2.05) is 11.3 Å². The zero-order valence-electron chi connectivity index (χ0n) is 8.58. The highest BCUT2D eigenvalue weighted by Crippen LogP contribution is 2.28. The molecule has 2 N–H and O–H groups in total. The third-order valence-electron chi connectivity index (χ3n) is 2.32. The monoisotopic (exact) mass is 205 g/mol. The van der Waals surface area contributed by atoms with Crippen molar-refractivity contribution in [3.05, 3.63) is 34.7 Å². The molecule has 1 atom stereocenters. The summed E-state index contributed by atoms with van der Waals surface area (Å²) >= 11 is 1.85. The van der Waals surface area contributed by atoms with Crippen LogP contribution in [0.1, 0.15) is 17.4 Å². The van der Waals surface area contributed by atoms with Crippen LogP contribution in [0.25, 0.3) is 10.1 Å². The zero-order valence-corrected chi connectivity index (χ0v) is 9.40. The lowest BCUT2D eigenvalue weighted by Crippen LogP contribution is -2.17. The van der Waals surface area contributed by atoms with Gasteiger partial charge >= 0.3 is 0 Å². The second-order valence-corrected chi connectivity index (χ2v) is 5.16. The fraction of sp³-hybridized carbons (Fsp3) is 0.333. The van der Waals surface area contributed by atoms with Gasteiger partial charge in [0.2, 0.25) is 0 Å². The average Bonchev–Trinajstić information content (AvgIpc) is 2.45. The fourth-order valence-corrected chi connectivity index (χ4v) is 2.74. The van der Waals surface area contributed by atoms with Gasteiger partial charge < -0.3 is 5.73 Å². The van der Waals surface area contributed by atoms with E-state index < -0.39 is 0 Å². The molecule has 74 valence electrons. The molecule has 14 heavy (non-hydrogen) atoms. The van der Waals surface area contributed by atoms with Crippen molar-refractivity contribution in [1.29, 1.82) is 0 Å². The van der Waals surface area contributed by atoms with E-state index in [0.717, 1.165) is 6.42 Å². The predicted octanol–water partition coefficient (Wildman–Crippen LogP) is 3.10. The van der Waals surface area contributed by atoms with Gasteiger partial charge in [0, 0.05) is 15.6 Å². The first kappa shape index (κ1) is 9.69. The van der Waals surface area contributed by atoms with Crippen LogP contribution in [0, 0.1) is 6.92 Å². The van der Waals surface area contributed by atoms with E-state index in [-0.39, 0.29) is 6.04 Å². The minimum absolute atomic E-state index is 0.237. The van der Waals surface area contributed by atoms with E-state index in [1.54, 1.807) is 0 Å². The highest BCUT2D eigenvalue weighted by molar-refractivity contribution is 7.19. The van der Waals surface area contributed by atoms with Crippen LogP contribution in [0.3, 0.4) is 0 Å². The maximum Gasteiger partial charge on any atom is 0.0348 e. The maximum absolute atomic E-state index is 5.83. The molecule has 0 aliphatic carbocycles. The molecule has 2 rings (SSSR count). The predicted molar refractivity (Wildman–Crippen MR) is 63.9 cm³/mol. The van der Waals surface area contributed by atoms with E-state index in [4.69, 9.17) is 5.73 Å². The summed E-state index contributed by atoms with van der Waals surface area (Å²) in [5.41, 5.74) is 7.20. The van der Waals surface area contributed by atoms with Crippen molar-refractivity contribution < 1.29 is 0 Å². The Kier molecular flexibility index (Phi) is 2.57. The third-order valence-corrected chi connectivity index (χ3v) is 3.33. The van der Waals surface area contributed by atoms with Crippen molar-refractivity contribution in [1.82, 2.24) is 0 Å². The van der Waals surface area contributed by atoms with Crippen LogP contribution in [0.4, 0.5) is 0 Å². The van der Waals surface area contributed by atoms with Gasteiger partial charge in [-0.25, -0.2) is 0 Å². The van der Waals surface area contributed by atoms with Gasteiger partial charge in [-0.05, 0) is 43.4 Å². The lowest BCUT2D eigenvalue weighted by Gasteiger charge is -2.05. The zero-order chi connectivity index (χ0) is 10.1. The number of thiophene rings is 1. The Labute approximate surface area is 88.6 Å². The average molecular weight is 205 g/mol. The summed E-state index contributed by atoms with van der Waals surface area (Å²) in [5, 5.41) is 1.38. The van der Waals surface area contributed by atoms with Crippen molar-refractivity contribution >= 4 is 21.4 Å². The van der Waals surface area contributed by atoms with Crippen molar-refractivity contribution in [2.24, 2.45) is 5.73 Å². The van der Waals surface area contributed by atoms with Crippen LogP contribution < -0.4 is 5.73 Å². The lowest BCUT2D eigenvalue weighted by molar-refractivity contribution is 0.742. The standard InChI is InChI=1S/C12H15NS/c1-8(13)6-10-4-3-5-12-11(10)7-9(2)14-12/h3-5,7-8H,6,13H2,1-2H3. The van der Waals surface area contributed by atoms with Gasteiger partial charge in [0.05, 0.1) is 0 Å². The van der Waals surface area contributed by atoms with E-state index in [0.29, 0.717) is 0 Å². The Morgan fingerprint density at radius 3 is 2.93 bits per heavy atom. The number of hydrogen-bond donors (Lipinski definition) is 1. The maximum atomic E-state index is 5.83. The normalized spacial score (nSPS) is 13.4. The second-order valence-electron chi connectivity index (χ2n) is 3.87. The quantitative estimate of drug-likeness (QED) is 0.801. The second kappa shape index (κ2) is 3.71. The van der Waals surface area contributed by atoms with E-state index >= 15 is 0 Å². The Morgan fingerprint density at radius 1 is 1.43 bits per heavy atom. The number of rotatable bonds is 2. The molecule has 1 aromatic heterocycles. The van der Waals surface area contributed by atoms with Gasteiger partial charge in [-0.1, -0.05) is 12.1 Å². The van der Waals surface area contributed by atoms with Crippen LogP contribution in [0.5, 0.6) is 0 Å². The van der Waals surface area contributed by atoms with E-state index in [2.05, 4.69) is 38.1 Å². The molecular formula is C12H15NS. The molecule has 0 aliphatic heterocycles. The summed E-state index contributed by atoms with van der Waals surface area (Å²) < 4.78 is 1.38. The Bertz CT molecular complexity index is 443.